The minimum atomic E-state index is -1.84. The van der Waals surface area contributed by atoms with Gasteiger partial charge in [0.1, 0.15) is 5.75 Å². The van der Waals surface area contributed by atoms with Crippen molar-refractivity contribution < 1.29 is 9.53 Å². The average molecular weight is 408 g/mol. The van der Waals surface area contributed by atoms with Crippen LogP contribution in [0.15, 0.2) is 18.2 Å². The molecule has 1 N–H and O–H groups in total. The summed E-state index contributed by atoms with van der Waals surface area (Å²) < 4.78 is 3.68. The molecule has 0 bridgehead atoms. The van der Waals surface area contributed by atoms with Crippen LogP contribution in [0, 0.1) is 0 Å². The van der Waals surface area contributed by atoms with Gasteiger partial charge in [0.2, 0.25) is 15.9 Å². The Morgan fingerprint density at radius 1 is 1.27 bits per heavy atom. The van der Waals surface area contributed by atoms with E-state index in [1.54, 1.807) is 6.07 Å². The second kappa shape index (κ2) is 9.29. The summed E-state index contributed by atoms with van der Waals surface area (Å²) in [5.41, 5.74) is 0. The molecule has 1 atom stereocenters. The van der Waals surface area contributed by atoms with E-state index in [0.717, 1.165) is 19.3 Å². The minimum Gasteiger partial charge on any atom is -0.464 e. The molecule has 0 aliphatic heterocycles. The predicted molar refractivity (Wildman–Crippen MR) is 93.5 cm³/mol. The van der Waals surface area contributed by atoms with Crippen molar-refractivity contribution in [3.8, 4) is 5.75 Å². The monoisotopic (exact) mass is 405 g/mol. The van der Waals surface area contributed by atoms with Crippen LogP contribution in [-0.4, -0.2) is 15.9 Å². The van der Waals surface area contributed by atoms with Crippen LogP contribution in [0.1, 0.15) is 32.6 Å². The van der Waals surface area contributed by atoms with Crippen LogP contribution in [0.4, 0.5) is 0 Å². The summed E-state index contributed by atoms with van der Waals surface area (Å²) in [6.45, 7) is 2.05. The first-order chi connectivity index (χ1) is 10.2. The van der Waals surface area contributed by atoms with Gasteiger partial charge in [-0.3, -0.25) is 4.79 Å². The molecule has 22 heavy (non-hydrogen) atoms. The lowest BCUT2D eigenvalue weighted by Crippen LogP contribution is -2.47. The molecule has 0 radical (unpaired) electrons. The quantitative estimate of drug-likeness (QED) is 0.354. The molecule has 0 heterocycles. The summed E-state index contributed by atoms with van der Waals surface area (Å²) in [6.07, 6.45) is 1.90. The Morgan fingerprint density at radius 3 is 2.50 bits per heavy atom. The van der Waals surface area contributed by atoms with E-state index in [9.17, 15) is 4.79 Å². The number of benzene rings is 1. The fourth-order valence-electron chi connectivity index (χ4n) is 1.63. The number of ether oxygens (including phenoxy) is 1. The van der Waals surface area contributed by atoms with E-state index in [1.165, 1.54) is 12.1 Å². The van der Waals surface area contributed by atoms with E-state index in [4.69, 9.17) is 62.7 Å². The molecule has 0 saturated heterocycles. The second-order valence-corrected chi connectivity index (χ2v) is 7.85. The number of unbranched alkanes of at least 4 members (excludes halogenated alkanes) is 2. The summed E-state index contributed by atoms with van der Waals surface area (Å²) in [6, 6.07) is 4.62. The number of hydrogen-bond acceptors (Lipinski definition) is 2. The van der Waals surface area contributed by atoms with Gasteiger partial charge in [-0.05, 0) is 24.6 Å². The van der Waals surface area contributed by atoms with Crippen molar-refractivity contribution in [2.75, 3.05) is 0 Å². The number of amides is 1. The first-order valence-corrected chi connectivity index (χ1v) is 8.60. The van der Waals surface area contributed by atoms with Crippen LogP contribution < -0.4 is 10.1 Å². The van der Waals surface area contributed by atoms with Crippen molar-refractivity contribution in [3.63, 3.8) is 0 Å². The van der Waals surface area contributed by atoms with Crippen LogP contribution in [0.2, 0.25) is 10.0 Å². The number of carbonyl (C=O) groups is 1. The van der Waals surface area contributed by atoms with Crippen molar-refractivity contribution >= 4 is 63.9 Å². The fraction of sp³-hybridized carbons (Fsp3) is 0.500. The largest absolute Gasteiger partial charge is 0.464 e. The van der Waals surface area contributed by atoms with Crippen LogP contribution in [-0.2, 0) is 4.79 Å². The first-order valence-electron chi connectivity index (χ1n) is 6.71. The van der Waals surface area contributed by atoms with Gasteiger partial charge in [0.15, 0.2) is 0 Å². The Hall–Kier alpha value is -0.0600. The molecule has 1 aromatic carbocycles. The maximum absolute atomic E-state index is 11.9. The van der Waals surface area contributed by atoms with Crippen molar-refractivity contribution in [2.24, 2.45) is 0 Å². The van der Waals surface area contributed by atoms with E-state index in [1.807, 2.05) is 6.92 Å². The lowest BCUT2D eigenvalue weighted by Gasteiger charge is -2.26. The third-order valence-corrected chi connectivity index (χ3v) is 3.86. The Labute approximate surface area is 155 Å². The molecule has 124 valence electrons. The van der Waals surface area contributed by atoms with Crippen molar-refractivity contribution in [2.45, 2.75) is 42.6 Å². The molecular weight excluding hydrogens is 391 g/mol. The van der Waals surface area contributed by atoms with E-state index in [2.05, 4.69) is 5.32 Å². The highest BCUT2D eigenvalue weighted by molar-refractivity contribution is 6.68. The predicted octanol–water partition coefficient (Wildman–Crippen LogP) is 5.77. The summed E-state index contributed by atoms with van der Waals surface area (Å²) in [5.74, 6) is 0.00566. The molecule has 1 aromatic rings. The maximum atomic E-state index is 11.9. The van der Waals surface area contributed by atoms with Gasteiger partial charge in [-0.1, -0.05) is 77.8 Å². The number of carbonyl (C=O) groups excluding carboxylic acids is 1. The zero-order chi connectivity index (χ0) is 16.8. The van der Waals surface area contributed by atoms with E-state index in [0.29, 0.717) is 11.4 Å². The first kappa shape index (κ1) is 20.0. The minimum absolute atomic E-state index is 0.255. The van der Waals surface area contributed by atoms with Gasteiger partial charge in [-0.2, -0.15) is 0 Å². The Kier molecular flexibility index (Phi) is 8.44. The number of hydrogen-bond donors (Lipinski definition) is 1. The molecule has 1 rings (SSSR count). The summed E-state index contributed by atoms with van der Waals surface area (Å²) in [4.78, 5) is 11.9. The van der Waals surface area contributed by atoms with Gasteiger partial charge >= 0.3 is 0 Å². The Bertz CT molecular complexity index is 504. The Morgan fingerprint density at radius 2 is 1.95 bits per heavy atom. The van der Waals surface area contributed by atoms with Gasteiger partial charge in [-0.25, -0.2) is 0 Å². The van der Waals surface area contributed by atoms with Gasteiger partial charge in [0.25, 0.3) is 0 Å². The number of nitrogens with one attached hydrogen (secondary N) is 1. The maximum Gasteiger partial charge on any atom is 0.246 e. The lowest BCUT2D eigenvalue weighted by atomic mass is 10.2. The molecule has 3 nitrogen and oxygen atoms in total. The molecule has 0 spiro atoms. The third kappa shape index (κ3) is 7.01. The zero-order valence-electron chi connectivity index (χ0n) is 11.8. The van der Waals surface area contributed by atoms with Gasteiger partial charge < -0.3 is 10.1 Å². The molecule has 1 amide bonds. The standard InChI is InChI=1S/C14H16Cl5NO2/c1-2-3-4-5-12(21)20-13(14(17,18)19)22-11-7-6-9(15)8-10(11)16/h6-8,13H,2-5H2,1H3,(H,20,21)/t13-/m0/s1. The molecule has 0 unspecified atom stereocenters. The topological polar surface area (TPSA) is 38.3 Å². The highest BCUT2D eigenvalue weighted by Crippen LogP contribution is 2.35. The van der Waals surface area contributed by atoms with Gasteiger partial charge in [-0.15, -0.1) is 0 Å². The van der Waals surface area contributed by atoms with Crippen molar-refractivity contribution in [3.05, 3.63) is 28.2 Å². The van der Waals surface area contributed by atoms with Crippen LogP contribution >= 0.6 is 58.0 Å². The average Bonchev–Trinajstić information content (AvgIpc) is 2.40. The SMILES string of the molecule is CCCCCC(=O)N[C@@H](Oc1ccc(Cl)cc1Cl)C(Cl)(Cl)Cl. The molecule has 0 saturated carbocycles. The molecule has 0 aliphatic carbocycles. The molecule has 8 heteroatoms. The highest BCUT2D eigenvalue weighted by Gasteiger charge is 2.36. The van der Waals surface area contributed by atoms with Crippen molar-refractivity contribution in [1.82, 2.24) is 5.32 Å². The smallest absolute Gasteiger partial charge is 0.246 e. The fourth-order valence-corrected chi connectivity index (χ4v) is 2.38. The normalized spacial score (nSPS) is 12.8. The van der Waals surface area contributed by atoms with Crippen molar-refractivity contribution in [1.29, 1.82) is 0 Å². The highest BCUT2D eigenvalue weighted by atomic mass is 35.6. The second-order valence-electron chi connectivity index (χ2n) is 4.64. The van der Waals surface area contributed by atoms with Gasteiger partial charge in [0, 0.05) is 11.4 Å². The van der Waals surface area contributed by atoms with Crippen LogP contribution in [0.5, 0.6) is 5.75 Å². The molecule has 0 fully saturated rings. The number of rotatable bonds is 7. The number of halogens is 5. The summed E-state index contributed by atoms with van der Waals surface area (Å²) in [7, 11) is 0. The zero-order valence-corrected chi connectivity index (χ0v) is 15.6. The van der Waals surface area contributed by atoms with E-state index < -0.39 is 10.0 Å². The van der Waals surface area contributed by atoms with Crippen LogP contribution in [0.25, 0.3) is 0 Å². The van der Waals surface area contributed by atoms with Gasteiger partial charge in [0.05, 0.1) is 5.02 Å². The van der Waals surface area contributed by atoms with Crippen LogP contribution in [0.3, 0.4) is 0 Å². The Balaban J connectivity index is 2.75. The number of alkyl halides is 3. The molecule has 0 aromatic heterocycles. The molecular formula is C14H16Cl5NO2. The summed E-state index contributed by atoms with van der Waals surface area (Å²) in [5, 5.41) is 3.26. The van der Waals surface area contributed by atoms with E-state index >= 15 is 0 Å². The molecule has 0 aliphatic rings. The summed E-state index contributed by atoms with van der Waals surface area (Å²) >= 11 is 29.4. The third-order valence-electron chi connectivity index (χ3n) is 2.74. The lowest BCUT2D eigenvalue weighted by molar-refractivity contribution is -0.123. The van der Waals surface area contributed by atoms with E-state index in [-0.39, 0.29) is 16.7 Å².